The van der Waals surface area contributed by atoms with Crippen LogP contribution in [0.4, 0.5) is 0 Å². The highest BCUT2D eigenvalue weighted by molar-refractivity contribution is 5.30. The van der Waals surface area contributed by atoms with Gasteiger partial charge in [0.25, 0.3) is 0 Å². The number of hydrogen-bond donors (Lipinski definition) is 1. The summed E-state index contributed by atoms with van der Waals surface area (Å²) < 4.78 is 12.4. The van der Waals surface area contributed by atoms with Crippen molar-refractivity contribution >= 4 is 0 Å². The van der Waals surface area contributed by atoms with Crippen LogP contribution in [-0.4, -0.2) is 36.6 Å². The lowest BCUT2D eigenvalue weighted by atomic mass is 10.2. The maximum atomic E-state index is 5.33. The summed E-state index contributed by atoms with van der Waals surface area (Å²) in [4.78, 5) is 0. The summed E-state index contributed by atoms with van der Waals surface area (Å²) in [6.07, 6.45) is 1.02. The van der Waals surface area contributed by atoms with E-state index in [0.29, 0.717) is 0 Å². The molecule has 0 aliphatic rings. The quantitative estimate of drug-likeness (QED) is 0.696. The van der Waals surface area contributed by atoms with Crippen LogP contribution in [-0.2, 0) is 18.3 Å². The van der Waals surface area contributed by atoms with Crippen molar-refractivity contribution in [3.63, 3.8) is 0 Å². The number of aryl methyl sites for hydroxylation is 2. The molecule has 5 heteroatoms. The first-order valence-corrected chi connectivity index (χ1v) is 6.05. The van der Waals surface area contributed by atoms with Gasteiger partial charge in [-0.3, -0.25) is 0 Å². The Balaban J connectivity index is 2.36. The highest BCUT2D eigenvalue weighted by atomic mass is 16.5. The molecule has 1 aromatic heterocycles. The predicted octanol–water partition coefficient (Wildman–Crippen LogP) is 1.25. The van der Waals surface area contributed by atoms with Gasteiger partial charge in [-0.05, 0) is 26.8 Å². The molecule has 0 aliphatic carbocycles. The number of nitrogens with one attached hydrogen (secondary N) is 1. The highest BCUT2D eigenvalue weighted by Crippen LogP contribution is 2.20. The van der Waals surface area contributed by atoms with E-state index in [1.54, 1.807) is 11.8 Å². The predicted molar refractivity (Wildman–Crippen MR) is 67.3 cm³/mol. The zero-order valence-electron chi connectivity index (χ0n) is 11.2. The van der Waals surface area contributed by atoms with Crippen LogP contribution in [0.3, 0.4) is 0 Å². The van der Waals surface area contributed by atoms with Crippen LogP contribution in [0.15, 0.2) is 0 Å². The Morgan fingerprint density at radius 2 is 2.18 bits per heavy atom. The zero-order chi connectivity index (χ0) is 12.7. The second kappa shape index (κ2) is 7.29. The number of methoxy groups -OCH3 is 1. The number of hydrogen-bond acceptors (Lipinski definition) is 4. The van der Waals surface area contributed by atoms with Crippen LogP contribution in [0.5, 0.6) is 5.88 Å². The first kappa shape index (κ1) is 14.0. The molecule has 0 saturated heterocycles. The Morgan fingerprint density at radius 1 is 1.41 bits per heavy atom. The normalized spacial score (nSPS) is 10.8. The van der Waals surface area contributed by atoms with Gasteiger partial charge in [0.2, 0.25) is 5.88 Å². The highest BCUT2D eigenvalue weighted by Gasteiger charge is 2.12. The van der Waals surface area contributed by atoms with Gasteiger partial charge in [0.15, 0.2) is 0 Å². The fraction of sp³-hybridized carbons (Fsp3) is 0.750. The van der Waals surface area contributed by atoms with Crippen molar-refractivity contribution in [2.24, 2.45) is 7.05 Å². The van der Waals surface area contributed by atoms with Gasteiger partial charge in [-0.1, -0.05) is 0 Å². The van der Waals surface area contributed by atoms with E-state index in [4.69, 9.17) is 9.47 Å². The van der Waals surface area contributed by atoms with Crippen LogP contribution in [0, 0.1) is 6.92 Å². The van der Waals surface area contributed by atoms with E-state index in [-0.39, 0.29) is 0 Å². The summed E-state index contributed by atoms with van der Waals surface area (Å²) in [6.45, 7) is 7.34. The summed E-state index contributed by atoms with van der Waals surface area (Å²) in [5.74, 6) is 0.833. The Hall–Kier alpha value is -1.07. The Bertz CT molecular complexity index is 337. The Morgan fingerprint density at radius 3 is 2.82 bits per heavy atom. The maximum Gasteiger partial charge on any atom is 0.216 e. The lowest BCUT2D eigenvalue weighted by molar-refractivity contribution is 0.144. The molecule has 98 valence electrons. The van der Waals surface area contributed by atoms with Gasteiger partial charge in [-0.2, -0.15) is 5.10 Å². The molecule has 0 aliphatic heterocycles. The van der Waals surface area contributed by atoms with Crippen LogP contribution in [0.1, 0.15) is 24.6 Å². The molecule has 0 saturated carbocycles. The van der Waals surface area contributed by atoms with E-state index in [2.05, 4.69) is 10.4 Å². The third-order valence-electron chi connectivity index (χ3n) is 2.63. The monoisotopic (exact) mass is 241 g/mol. The van der Waals surface area contributed by atoms with E-state index >= 15 is 0 Å². The third kappa shape index (κ3) is 4.02. The minimum absolute atomic E-state index is 0.787. The SMILES string of the molecule is CCOCCCNCc1c(C)nn(C)c1OC. The van der Waals surface area contributed by atoms with Gasteiger partial charge in [0.1, 0.15) is 0 Å². The molecule has 17 heavy (non-hydrogen) atoms. The van der Waals surface area contributed by atoms with Crippen molar-refractivity contribution in [1.29, 1.82) is 0 Å². The average molecular weight is 241 g/mol. The minimum Gasteiger partial charge on any atom is -0.481 e. The molecule has 0 fully saturated rings. The molecular weight excluding hydrogens is 218 g/mol. The Labute approximate surface area is 103 Å². The number of aromatic nitrogens is 2. The summed E-state index contributed by atoms with van der Waals surface area (Å²) >= 11 is 0. The van der Waals surface area contributed by atoms with Gasteiger partial charge in [0, 0.05) is 26.8 Å². The molecule has 1 heterocycles. The van der Waals surface area contributed by atoms with Crippen molar-refractivity contribution < 1.29 is 9.47 Å². The fourth-order valence-electron chi connectivity index (χ4n) is 1.80. The molecule has 0 atom stereocenters. The van der Waals surface area contributed by atoms with Crippen LogP contribution in [0.2, 0.25) is 0 Å². The first-order valence-electron chi connectivity index (χ1n) is 6.05. The fourth-order valence-corrected chi connectivity index (χ4v) is 1.80. The molecule has 0 aromatic carbocycles. The Kier molecular flexibility index (Phi) is 6.00. The number of rotatable bonds is 8. The third-order valence-corrected chi connectivity index (χ3v) is 2.63. The van der Waals surface area contributed by atoms with Gasteiger partial charge < -0.3 is 14.8 Å². The smallest absolute Gasteiger partial charge is 0.216 e. The van der Waals surface area contributed by atoms with Gasteiger partial charge in [0.05, 0.1) is 18.4 Å². The molecule has 0 radical (unpaired) electrons. The lowest BCUT2D eigenvalue weighted by Gasteiger charge is -2.07. The van der Waals surface area contributed by atoms with Crippen molar-refractivity contribution in [2.45, 2.75) is 26.8 Å². The summed E-state index contributed by atoms with van der Waals surface area (Å²) in [5.41, 5.74) is 2.15. The second-order valence-electron chi connectivity index (χ2n) is 3.92. The molecule has 0 unspecified atom stereocenters. The van der Waals surface area contributed by atoms with Gasteiger partial charge >= 0.3 is 0 Å². The summed E-state index contributed by atoms with van der Waals surface area (Å²) in [6, 6.07) is 0. The lowest BCUT2D eigenvalue weighted by Crippen LogP contribution is -2.17. The molecule has 1 N–H and O–H groups in total. The van der Waals surface area contributed by atoms with E-state index in [1.807, 2.05) is 20.9 Å². The number of ether oxygens (including phenoxy) is 2. The minimum atomic E-state index is 0.787. The van der Waals surface area contributed by atoms with Crippen molar-refractivity contribution in [1.82, 2.24) is 15.1 Å². The molecule has 1 aromatic rings. The molecular formula is C12H23N3O2. The molecule has 5 nitrogen and oxygen atoms in total. The van der Waals surface area contributed by atoms with Crippen molar-refractivity contribution in [3.05, 3.63) is 11.3 Å². The first-order chi connectivity index (χ1) is 8.20. The standard InChI is InChI=1S/C12H23N3O2/c1-5-17-8-6-7-13-9-11-10(2)14-15(3)12(11)16-4/h13H,5-9H2,1-4H3. The van der Waals surface area contributed by atoms with Gasteiger partial charge in [-0.15, -0.1) is 0 Å². The molecule has 0 amide bonds. The zero-order valence-corrected chi connectivity index (χ0v) is 11.2. The second-order valence-corrected chi connectivity index (χ2v) is 3.92. The molecule has 0 spiro atoms. The van der Waals surface area contributed by atoms with Crippen LogP contribution >= 0.6 is 0 Å². The van der Waals surface area contributed by atoms with Gasteiger partial charge in [-0.25, -0.2) is 4.68 Å². The largest absolute Gasteiger partial charge is 0.481 e. The van der Waals surface area contributed by atoms with Crippen LogP contribution < -0.4 is 10.1 Å². The van der Waals surface area contributed by atoms with E-state index in [0.717, 1.165) is 49.9 Å². The van der Waals surface area contributed by atoms with Crippen molar-refractivity contribution in [3.8, 4) is 5.88 Å². The maximum absolute atomic E-state index is 5.33. The van der Waals surface area contributed by atoms with E-state index < -0.39 is 0 Å². The van der Waals surface area contributed by atoms with Crippen LogP contribution in [0.25, 0.3) is 0 Å². The van der Waals surface area contributed by atoms with Crippen molar-refractivity contribution in [2.75, 3.05) is 26.9 Å². The summed E-state index contributed by atoms with van der Waals surface area (Å²) in [5, 5.41) is 7.71. The number of nitrogens with zero attached hydrogens (tertiary/aromatic N) is 2. The van der Waals surface area contributed by atoms with E-state index in [1.165, 1.54) is 0 Å². The van der Waals surface area contributed by atoms with E-state index in [9.17, 15) is 0 Å². The molecule has 0 bridgehead atoms. The average Bonchev–Trinajstić information content (AvgIpc) is 2.58. The topological polar surface area (TPSA) is 48.3 Å². The molecule has 1 rings (SSSR count). The summed E-state index contributed by atoms with van der Waals surface area (Å²) in [7, 11) is 3.57.